The van der Waals surface area contributed by atoms with Crippen LogP contribution < -0.4 is 0 Å². The maximum Gasteiger partial charge on any atom is 0.271 e. The van der Waals surface area contributed by atoms with E-state index in [2.05, 4.69) is 43.1 Å². The number of aryl methyl sites for hydroxylation is 3. The molecule has 0 radical (unpaired) electrons. The molecule has 0 unspecified atom stereocenters. The molecule has 120 valence electrons. The lowest BCUT2D eigenvalue weighted by Gasteiger charge is -2.02. The van der Waals surface area contributed by atoms with Crippen LogP contribution >= 0.6 is 0 Å². The van der Waals surface area contributed by atoms with Crippen molar-refractivity contribution in [3.05, 3.63) is 75.3 Å². The van der Waals surface area contributed by atoms with E-state index in [-0.39, 0.29) is 5.69 Å². The largest absolute Gasteiger partial charge is 0.271 e. The molecule has 0 saturated carbocycles. The van der Waals surface area contributed by atoms with Gasteiger partial charge in [0.15, 0.2) is 0 Å². The number of azo groups is 1. The fraction of sp³-hybridized carbons (Fsp3) is 0.158. The third-order valence-corrected chi connectivity index (χ3v) is 3.95. The average Bonchev–Trinajstić information content (AvgIpc) is 2.92. The number of hydrogen-bond acceptors (Lipinski definition) is 4. The smallest absolute Gasteiger partial charge is 0.258 e. The van der Waals surface area contributed by atoms with Gasteiger partial charge in [0.2, 0.25) is 0 Å². The number of benzene rings is 1. The molecule has 0 aliphatic heterocycles. The van der Waals surface area contributed by atoms with Crippen molar-refractivity contribution in [2.24, 2.45) is 10.2 Å². The van der Waals surface area contributed by atoms with E-state index in [1.54, 1.807) is 12.1 Å². The van der Waals surface area contributed by atoms with Crippen molar-refractivity contribution in [2.75, 3.05) is 0 Å². The molecule has 0 aromatic heterocycles. The summed E-state index contributed by atoms with van der Waals surface area (Å²) in [6.45, 7) is 6.21. The molecule has 1 aromatic carbocycles. The summed E-state index contributed by atoms with van der Waals surface area (Å²) in [5.41, 5.74) is 6.97. The van der Waals surface area contributed by atoms with Crippen LogP contribution in [0.5, 0.6) is 0 Å². The first-order valence-corrected chi connectivity index (χ1v) is 7.62. The monoisotopic (exact) mass is 319 g/mol. The van der Waals surface area contributed by atoms with Gasteiger partial charge in [-0.25, -0.2) is 0 Å². The number of nitro groups is 1. The van der Waals surface area contributed by atoms with Gasteiger partial charge < -0.3 is 0 Å². The van der Waals surface area contributed by atoms with Gasteiger partial charge in [-0.1, -0.05) is 29.8 Å². The zero-order valence-electron chi connectivity index (χ0n) is 13.8. The second kappa shape index (κ2) is 6.20. The van der Waals surface area contributed by atoms with Crippen LogP contribution in [0.2, 0.25) is 0 Å². The summed E-state index contributed by atoms with van der Waals surface area (Å²) in [5, 5.41) is 19.3. The number of fused-ring (bicyclic) bond motifs is 1. The van der Waals surface area contributed by atoms with E-state index in [4.69, 9.17) is 0 Å². The van der Waals surface area contributed by atoms with E-state index in [1.165, 1.54) is 23.3 Å². The predicted octanol–water partition coefficient (Wildman–Crippen LogP) is 6.04. The molecule has 2 aliphatic rings. The average molecular weight is 319 g/mol. The summed E-state index contributed by atoms with van der Waals surface area (Å²) in [6, 6.07) is 14.4. The lowest BCUT2D eigenvalue weighted by molar-refractivity contribution is -0.384. The van der Waals surface area contributed by atoms with Gasteiger partial charge in [-0.15, -0.1) is 5.11 Å². The molecular weight excluding hydrogens is 302 g/mol. The summed E-state index contributed by atoms with van der Waals surface area (Å²) < 4.78 is 0. The van der Waals surface area contributed by atoms with Crippen LogP contribution in [0.25, 0.3) is 11.1 Å². The quantitative estimate of drug-likeness (QED) is 0.335. The Hall–Kier alpha value is -3.08. The maximum absolute atomic E-state index is 10.8. The SMILES string of the molecule is Cc1cc(C)c2ccc(N=Nc3cccc([N+](=O)[O-])c3)c-2c(C)c1. The van der Waals surface area contributed by atoms with Gasteiger partial charge >= 0.3 is 0 Å². The second-order valence-electron chi connectivity index (χ2n) is 5.88. The van der Waals surface area contributed by atoms with Crippen molar-refractivity contribution in [3.8, 4) is 11.1 Å². The molecule has 0 atom stereocenters. The number of hydrogen-bond donors (Lipinski definition) is 0. The van der Waals surface area contributed by atoms with Crippen molar-refractivity contribution < 1.29 is 4.92 Å². The first-order chi connectivity index (χ1) is 11.5. The minimum atomic E-state index is -0.437. The van der Waals surface area contributed by atoms with Crippen molar-refractivity contribution >= 4 is 17.1 Å². The number of nitro benzene ring substituents is 1. The summed E-state index contributed by atoms with van der Waals surface area (Å²) in [5.74, 6) is 0. The highest BCUT2D eigenvalue weighted by Crippen LogP contribution is 2.39. The molecule has 0 amide bonds. The molecule has 0 heterocycles. The zero-order chi connectivity index (χ0) is 17.3. The number of non-ortho nitro benzene ring substituents is 1. The van der Waals surface area contributed by atoms with Crippen LogP contribution in [0.4, 0.5) is 17.1 Å². The molecule has 5 nitrogen and oxygen atoms in total. The van der Waals surface area contributed by atoms with Crippen LogP contribution in [0, 0.1) is 30.9 Å². The standard InChI is InChI=1S/C19H17N3O2/c1-12-9-13(2)17-7-8-18(19(17)14(3)10-12)21-20-15-5-4-6-16(11-15)22(23)24/h4-11H,1-3H3. The fourth-order valence-electron chi connectivity index (χ4n) is 2.95. The topological polar surface area (TPSA) is 67.9 Å². The first-order valence-electron chi connectivity index (χ1n) is 7.62. The third kappa shape index (κ3) is 3.01. The van der Waals surface area contributed by atoms with Gasteiger partial charge in [0.25, 0.3) is 5.69 Å². The van der Waals surface area contributed by atoms with Gasteiger partial charge in [-0.2, -0.15) is 5.11 Å². The van der Waals surface area contributed by atoms with Crippen LogP contribution in [0.15, 0.2) is 58.8 Å². The van der Waals surface area contributed by atoms with E-state index in [0.29, 0.717) is 5.69 Å². The summed E-state index contributed by atoms with van der Waals surface area (Å²) in [6.07, 6.45) is 0. The van der Waals surface area contributed by atoms with Crippen molar-refractivity contribution in [2.45, 2.75) is 20.8 Å². The van der Waals surface area contributed by atoms with Gasteiger partial charge in [-0.3, -0.25) is 10.1 Å². The fourth-order valence-corrected chi connectivity index (χ4v) is 2.95. The summed E-state index contributed by atoms with van der Waals surface area (Å²) in [4.78, 5) is 10.4. The molecule has 0 N–H and O–H groups in total. The molecule has 24 heavy (non-hydrogen) atoms. The second-order valence-corrected chi connectivity index (χ2v) is 5.88. The van der Waals surface area contributed by atoms with Gasteiger partial charge in [0, 0.05) is 17.7 Å². The highest BCUT2D eigenvalue weighted by molar-refractivity contribution is 5.84. The Morgan fingerprint density at radius 3 is 2.42 bits per heavy atom. The summed E-state index contributed by atoms with van der Waals surface area (Å²) in [7, 11) is 0. The van der Waals surface area contributed by atoms with Crippen molar-refractivity contribution in [1.82, 2.24) is 0 Å². The molecule has 0 bridgehead atoms. The Kier molecular flexibility index (Phi) is 4.08. The minimum Gasteiger partial charge on any atom is -0.258 e. The van der Waals surface area contributed by atoms with Crippen LogP contribution in [0.3, 0.4) is 0 Å². The highest BCUT2D eigenvalue weighted by atomic mass is 16.6. The van der Waals surface area contributed by atoms with Crippen LogP contribution in [0.1, 0.15) is 16.7 Å². The Bertz CT molecular complexity index is 932. The summed E-state index contributed by atoms with van der Waals surface area (Å²) >= 11 is 0. The Morgan fingerprint density at radius 1 is 0.917 bits per heavy atom. The van der Waals surface area contributed by atoms with E-state index in [1.807, 2.05) is 12.1 Å². The lowest BCUT2D eigenvalue weighted by Crippen LogP contribution is -1.85. The van der Waals surface area contributed by atoms with Gasteiger partial charge in [-0.05, 0) is 49.6 Å². The maximum atomic E-state index is 10.8. The Morgan fingerprint density at radius 2 is 1.67 bits per heavy atom. The van der Waals surface area contributed by atoms with Crippen molar-refractivity contribution in [3.63, 3.8) is 0 Å². The molecule has 5 heteroatoms. The molecule has 0 spiro atoms. The third-order valence-electron chi connectivity index (χ3n) is 3.95. The van der Waals surface area contributed by atoms with Crippen LogP contribution in [-0.4, -0.2) is 4.92 Å². The number of nitrogens with zero attached hydrogens (tertiary/aromatic N) is 3. The predicted molar refractivity (Wildman–Crippen MR) is 94.5 cm³/mol. The molecular formula is C19H17N3O2. The molecule has 0 saturated heterocycles. The first kappa shape index (κ1) is 15.8. The zero-order valence-corrected chi connectivity index (χ0v) is 13.8. The number of rotatable bonds is 3. The molecule has 3 rings (SSSR count). The van der Waals surface area contributed by atoms with E-state index < -0.39 is 4.92 Å². The molecule has 1 aromatic rings. The molecule has 2 aliphatic carbocycles. The Balaban J connectivity index is 2.04. The highest BCUT2D eigenvalue weighted by Gasteiger charge is 2.14. The van der Waals surface area contributed by atoms with E-state index in [9.17, 15) is 10.1 Å². The Labute approximate surface area is 140 Å². The minimum absolute atomic E-state index is 0.00728. The molecule has 0 fully saturated rings. The van der Waals surface area contributed by atoms with E-state index in [0.717, 1.165) is 22.4 Å². The van der Waals surface area contributed by atoms with E-state index >= 15 is 0 Å². The van der Waals surface area contributed by atoms with Crippen LogP contribution in [-0.2, 0) is 0 Å². The lowest BCUT2D eigenvalue weighted by atomic mass is 10.0. The van der Waals surface area contributed by atoms with Gasteiger partial charge in [0.05, 0.1) is 16.3 Å². The van der Waals surface area contributed by atoms with Gasteiger partial charge in [0.1, 0.15) is 0 Å². The van der Waals surface area contributed by atoms with Crippen molar-refractivity contribution in [1.29, 1.82) is 0 Å². The normalized spacial score (nSPS) is 11.3.